The van der Waals surface area contributed by atoms with Gasteiger partial charge in [0.25, 0.3) is 0 Å². The Hall–Kier alpha value is -2.27. The number of hydrogen-bond donors (Lipinski definition) is 1. The fourth-order valence-electron chi connectivity index (χ4n) is 2.26. The molecule has 0 unspecified atom stereocenters. The third-order valence-electron chi connectivity index (χ3n) is 3.47. The average Bonchev–Trinajstić information content (AvgIpc) is 2.91. The van der Waals surface area contributed by atoms with Gasteiger partial charge in [0, 0.05) is 23.4 Å². The molecule has 3 rings (SSSR count). The second kappa shape index (κ2) is 5.26. The highest BCUT2D eigenvalue weighted by molar-refractivity contribution is 5.87. The van der Waals surface area contributed by atoms with Crippen molar-refractivity contribution in [3.05, 3.63) is 46.3 Å². The minimum absolute atomic E-state index is 0.0306. The molecule has 0 bridgehead atoms. The summed E-state index contributed by atoms with van der Waals surface area (Å²) < 4.78 is 16.5. The molecular formula is C16H16O5. The molecule has 1 aliphatic heterocycles. The molecule has 1 aromatic carbocycles. The van der Waals surface area contributed by atoms with E-state index in [1.165, 1.54) is 6.07 Å². The van der Waals surface area contributed by atoms with Crippen molar-refractivity contribution in [2.45, 2.75) is 19.4 Å². The summed E-state index contributed by atoms with van der Waals surface area (Å²) in [7, 11) is 0. The van der Waals surface area contributed by atoms with Gasteiger partial charge in [-0.1, -0.05) is 6.58 Å². The van der Waals surface area contributed by atoms with Gasteiger partial charge in [0.05, 0.1) is 6.61 Å². The zero-order valence-corrected chi connectivity index (χ0v) is 11.7. The molecular weight excluding hydrogens is 272 g/mol. The van der Waals surface area contributed by atoms with Gasteiger partial charge in [-0.05, 0) is 24.6 Å². The minimum atomic E-state index is -0.784. The molecule has 2 heterocycles. The molecule has 0 saturated carbocycles. The topological polar surface area (TPSA) is 68.9 Å². The molecule has 0 saturated heterocycles. The highest BCUT2D eigenvalue weighted by atomic mass is 16.5. The Kier molecular flexibility index (Phi) is 3.43. The van der Waals surface area contributed by atoms with Gasteiger partial charge < -0.3 is 19.0 Å². The third kappa shape index (κ3) is 2.52. The second-order valence-corrected chi connectivity index (χ2v) is 5.14. The van der Waals surface area contributed by atoms with E-state index in [2.05, 4.69) is 6.58 Å². The van der Waals surface area contributed by atoms with Crippen molar-refractivity contribution in [1.82, 2.24) is 0 Å². The molecule has 0 spiro atoms. The summed E-state index contributed by atoms with van der Waals surface area (Å²) in [5, 5.41) is 10.6. The van der Waals surface area contributed by atoms with Crippen molar-refractivity contribution in [1.29, 1.82) is 0 Å². The van der Waals surface area contributed by atoms with Crippen molar-refractivity contribution in [3.8, 4) is 11.5 Å². The molecule has 5 heteroatoms. The van der Waals surface area contributed by atoms with Crippen LogP contribution in [0.25, 0.3) is 11.0 Å². The molecule has 1 aliphatic rings. The lowest BCUT2D eigenvalue weighted by Gasteiger charge is -2.15. The van der Waals surface area contributed by atoms with Gasteiger partial charge in [-0.25, -0.2) is 4.79 Å². The lowest BCUT2D eigenvalue weighted by atomic mass is 10.1. The van der Waals surface area contributed by atoms with E-state index >= 15 is 0 Å². The fourth-order valence-corrected chi connectivity index (χ4v) is 2.26. The first-order valence-corrected chi connectivity index (χ1v) is 6.75. The van der Waals surface area contributed by atoms with E-state index < -0.39 is 11.7 Å². The van der Waals surface area contributed by atoms with Crippen LogP contribution in [0.5, 0.6) is 11.5 Å². The SMILES string of the molecule is C=C(C)[C@H](O)COc1c2c(cc3ccc(=O)oc13)CCO2. The van der Waals surface area contributed by atoms with Crippen LogP contribution in [-0.2, 0) is 6.42 Å². The Morgan fingerprint density at radius 1 is 1.52 bits per heavy atom. The zero-order valence-electron chi connectivity index (χ0n) is 11.7. The van der Waals surface area contributed by atoms with Gasteiger partial charge in [0.1, 0.15) is 12.7 Å². The lowest BCUT2D eigenvalue weighted by Crippen LogP contribution is -2.18. The lowest BCUT2D eigenvalue weighted by molar-refractivity contribution is 0.133. The van der Waals surface area contributed by atoms with E-state index in [-0.39, 0.29) is 6.61 Å². The van der Waals surface area contributed by atoms with E-state index in [4.69, 9.17) is 13.9 Å². The molecule has 110 valence electrons. The maximum atomic E-state index is 11.5. The molecule has 0 fully saturated rings. The fraction of sp³-hybridized carbons (Fsp3) is 0.312. The van der Waals surface area contributed by atoms with Crippen LogP contribution < -0.4 is 15.1 Å². The highest BCUT2D eigenvalue weighted by Crippen LogP contribution is 2.41. The molecule has 2 aromatic rings. The van der Waals surface area contributed by atoms with Crippen LogP contribution in [0.4, 0.5) is 0 Å². The molecule has 0 amide bonds. The molecule has 0 radical (unpaired) electrons. The van der Waals surface area contributed by atoms with E-state index in [0.29, 0.717) is 29.3 Å². The number of ether oxygens (including phenoxy) is 2. The van der Waals surface area contributed by atoms with Gasteiger partial charge in [-0.15, -0.1) is 0 Å². The first kappa shape index (κ1) is 13.7. The average molecular weight is 288 g/mol. The Morgan fingerprint density at radius 3 is 3.10 bits per heavy atom. The highest BCUT2D eigenvalue weighted by Gasteiger charge is 2.23. The third-order valence-corrected chi connectivity index (χ3v) is 3.47. The Labute approximate surface area is 121 Å². The number of aliphatic hydroxyl groups is 1. The minimum Gasteiger partial charge on any atom is -0.489 e. The molecule has 1 N–H and O–H groups in total. The van der Waals surface area contributed by atoms with Crippen LogP contribution in [-0.4, -0.2) is 24.4 Å². The summed E-state index contributed by atoms with van der Waals surface area (Å²) >= 11 is 0. The van der Waals surface area contributed by atoms with Crippen LogP contribution in [0.2, 0.25) is 0 Å². The Balaban J connectivity index is 2.08. The maximum absolute atomic E-state index is 11.5. The number of rotatable bonds is 4. The first-order valence-electron chi connectivity index (χ1n) is 6.75. The van der Waals surface area contributed by atoms with E-state index in [9.17, 15) is 9.90 Å². The van der Waals surface area contributed by atoms with Crippen LogP contribution in [0.15, 0.2) is 39.6 Å². The summed E-state index contributed by atoms with van der Waals surface area (Å²) in [6.45, 7) is 6.00. The Bertz CT molecular complexity index is 759. The first-order chi connectivity index (χ1) is 10.1. The number of hydrogen-bond acceptors (Lipinski definition) is 5. The largest absolute Gasteiger partial charge is 0.489 e. The van der Waals surface area contributed by atoms with Gasteiger partial charge in [-0.3, -0.25) is 0 Å². The van der Waals surface area contributed by atoms with Gasteiger partial charge in [0.2, 0.25) is 5.75 Å². The van der Waals surface area contributed by atoms with Crippen molar-refractivity contribution >= 4 is 11.0 Å². The molecule has 0 aliphatic carbocycles. The maximum Gasteiger partial charge on any atom is 0.336 e. The van der Waals surface area contributed by atoms with Gasteiger partial charge >= 0.3 is 5.63 Å². The van der Waals surface area contributed by atoms with Crippen LogP contribution >= 0.6 is 0 Å². The summed E-state index contributed by atoms with van der Waals surface area (Å²) in [6, 6.07) is 5.00. The van der Waals surface area contributed by atoms with Crippen LogP contribution in [0.3, 0.4) is 0 Å². The van der Waals surface area contributed by atoms with E-state index in [0.717, 1.165) is 17.4 Å². The van der Waals surface area contributed by atoms with Crippen molar-refractivity contribution in [2.24, 2.45) is 0 Å². The van der Waals surface area contributed by atoms with Crippen LogP contribution in [0, 0.1) is 0 Å². The van der Waals surface area contributed by atoms with Crippen molar-refractivity contribution in [2.75, 3.05) is 13.2 Å². The summed E-state index contributed by atoms with van der Waals surface area (Å²) in [5.74, 6) is 0.962. The predicted octanol–water partition coefficient (Wildman–Crippen LogP) is 2.04. The van der Waals surface area contributed by atoms with Crippen LogP contribution in [0.1, 0.15) is 12.5 Å². The number of aliphatic hydroxyl groups excluding tert-OH is 1. The molecule has 5 nitrogen and oxygen atoms in total. The summed E-state index contributed by atoms with van der Waals surface area (Å²) in [4.78, 5) is 11.5. The van der Waals surface area contributed by atoms with Gasteiger partial charge in [0.15, 0.2) is 11.3 Å². The molecule has 1 aromatic heterocycles. The quantitative estimate of drug-likeness (QED) is 0.688. The summed E-state index contributed by atoms with van der Waals surface area (Å²) in [5.41, 5.74) is 1.51. The zero-order chi connectivity index (χ0) is 15.0. The summed E-state index contributed by atoms with van der Waals surface area (Å²) in [6.07, 6.45) is -0.00295. The molecule has 1 atom stereocenters. The van der Waals surface area contributed by atoms with Crippen molar-refractivity contribution < 1.29 is 19.0 Å². The predicted molar refractivity (Wildman–Crippen MR) is 78.0 cm³/mol. The molecule has 21 heavy (non-hydrogen) atoms. The Morgan fingerprint density at radius 2 is 2.33 bits per heavy atom. The number of benzene rings is 1. The monoisotopic (exact) mass is 288 g/mol. The standard InChI is InChI=1S/C16H16O5/c1-9(2)12(17)8-20-16-14-11(5-6-19-14)7-10-3-4-13(18)21-15(10)16/h3-4,7,12,17H,1,5-6,8H2,2H3/t12-/m1/s1. The number of fused-ring (bicyclic) bond motifs is 2. The normalized spacial score (nSPS) is 14.6. The second-order valence-electron chi connectivity index (χ2n) is 5.14. The van der Waals surface area contributed by atoms with E-state index in [1.807, 2.05) is 6.07 Å². The van der Waals surface area contributed by atoms with Gasteiger partial charge in [-0.2, -0.15) is 0 Å². The van der Waals surface area contributed by atoms with Crippen molar-refractivity contribution in [3.63, 3.8) is 0 Å². The smallest absolute Gasteiger partial charge is 0.336 e. The van der Waals surface area contributed by atoms with E-state index in [1.54, 1.807) is 13.0 Å².